The summed E-state index contributed by atoms with van der Waals surface area (Å²) in [5.41, 5.74) is -0.923. The molecular weight excluding hydrogens is 234 g/mol. The SMILES string of the molecule is CC(C)(C)OC(=O)C1CC12CNCCC2C(=O)O. The van der Waals surface area contributed by atoms with Gasteiger partial charge < -0.3 is 15.2 Å². The van der Waals surface area contributed by atoms with E-state index in [9.17, 15) is 14.7 Å². The smallest absolute Gasteiger partial charge is 0.310 e. The van der Waals surface area contributed by atoms with E-state index in [0.717, 1.165) is 0 Å². The molecule has 2 fully saturated rings. The summed E-state index contributed by atoms with van der Waals surface area (Å²) in [7, 11) is 0. The lowest BCUT2D eigenvalue weighted by molar-refractivity contribution is -0.158. The first-order valence-corrected chi connectivity index (χ1v) is 6.43. The lowest BCUT2D eigenvalue weighted by atomic mass is 9.81. The molecule has 2 N–H and O–H groups in total. The number of carboxylic acid groups (broad SMARTS) is 1. The van der Waals surface area contributed by atoms with E-state index in [4.69, 9.17) is 4.74 Å². The zero-order valence-electron chi connectivity index (χ0n) is 11.2. The summed E-state index contributed by atoms with van der Waals surface area (Å²) in [5.74, 6) is -1.72. The number of carbonyl (C=O) groups is 2. The highest BCUT2D eigenvalue weighted by Gasteiger charge is 2.65. The summed E-state index contributed by atoms with van der Waals surface area (Å²) in [6.07, 6.45) is 1.22. The van der Waals surface area contributed by atoms with Gasteiger partial charge in [-0.15, -0.1) is 0 Å². The molecule has 0 aromatic carbocycles. The van der Waals surface area contributed by atoms with Crippen molar-refractivity contribution in [1.29, 1.82) is 0 Å². The van der Waals surface area contributed by atoms with E-state index >= 15 is 0 Å². The van der Waals surface area contributed by atoms with E-state index in [2.05, 4.69) is 5.32 Å². The van der Waals surface area contributed by atoms with Gasteiger partial charge in [0.05, 0.1) is 11.8 Å². The lowest BCUT2D eigenvalue weighted by Gasteiger charge is -2.30. The van der Waals surface area contributed by atoms with Gasteiger partial charge in [0.2, 0.25) is 0 Å². The first-order valence-electron chi connectivity index (χ1n) is 6.43. The van der Waals surface area contributed by atoms with E-state index in [1.807, 2.05) is 20.8 Å². The zero-order valence-corrected chi connectivity index (χ0v) is 11.2. The van der Waals surface area contributed by atoms with Crippen LogP contribution in [-0.2, 0) is 14.3 Å². The van der Waals surface area contributed by atoms with Gasteiger partial charge in [0, 0.05) is 12.0 Å². The highest BCUT2D eigenvalue weighted by molar-refractivity contribution is 5.81. The molecule has 1 heterocycles. The molecule has 1 saturated heterocycles. The maximum absolute atomic E-state index is 12.0. The van der Waals surface area contributed by atoms with Crippen LogP contribution in [0.25, 0.3) is 0 Å². The second kappa shape index (κ2) is 4.23. The Morgan fingerprint density at radius 1 is 1.33 bits per heavy atom. The molecule has 102 valence electrons. The van der Waals surface area contributed by atoms with Crippen LogP contribution in [0.15, 0.2) is 0 Å². The fourth-order valence-electron chi connectivity index (χ4n) is 2.94. The first kappa shape index (κ1) is 13.3. The Morgan fingerprint density at radius 3 is 2.56 bits per heavy atom. The fraction of sp³-hybridized carbons (Fsp3) is 0.846. The quantitative estimate of drug-likeness (QED) is 0.721. The fourth-order valence-corrected chi connectivity index (χ4v) is 2.94. The maximum Gasteiger partial charge on any atom is 0.310 e. The van der Waals surface area contributed by atoms with Crippen LogP contribution in [0.3, 0.4) is 0 Å². The summed E-state index contributed by atoms with van der Waals surface area (Å²) >= 11 is 0. The van der Waals surface area contributed by atoms with E-state index in [1.165, 1.54) is 0 Å². The molecule has 0 aromatic heterocycles. The minimum atomic E-state index is -0.789. The number of piperidine rings is 1. The Bertz CT molecular complexity index is 374. The van der Waals surface area contributed by atoms with Gasteiger partial charge in [0.15, 0.2) is 0 Å². The Kier molecular flexibility index (Phi) is 3.13. The van der Waals surface area contributed by atoms with Gasteiger partial charge in [-0.05, 0) is 40.2 Å². The van der Waals surface area contributed by atoms with Gasteiger partial charge in [-0.2, -0.15) is 0 Å². The van der Waals surface area contributed by atoms with Crippen LogP contribution >= 0.6 is 0 Å². The zero-order chi connectivity index (χ0) is 13.6. The highest BCUT2D eigenvalue weighted by Crippen LogP contribution is 2.60. The highest BCUT2D eigenvalue weighted by atomic mass is 16.6. The summed E-state index contributed by atoms with van der Waals surface area (Å²) in [6.45, 7) is 6.79. The monoisotopic (exact) mass is 255 g/mol. The molecule has 5 heteroatoms. The number of ether oxygens (including phenoxy) is 1. The van der Waals surface area contributed by atoms with Crippen molar-refractivity contribution in [3.05, 3.63) is 0 Å². The number of carboxylic acids is 1. The van der Waals surface area contributed by atoms with Gasteiger partial charge in [-0.3, -0.25) is 9.59 Å². The van der Waals surface area contributed by atoms with E-state index in [1.54, 1.807) is 0 Å². The third kappa shape index (κ3) is 2.36. The maximum atomic E-state index is 12.0. The van der Waals surface area contributed by atoms with Crippen molar-refractivity contribution in [3.63, 3.8) is 0 Å². The van der Waals surface area contributed by atoms with Crippen LogP contribution in [0.2, 0.25) is 0 Å². The molecule has 1 saturated carbocycles. The average molecular weight is 255 g/mol. The molecule has 0 radical (unpaired) electrons. The van der Waals surface area contributed by atoms with Crippen molar-refractivity contribution in [3.8, 4) is 0 Å². The first-order chi connectivity index (χ1) is 8.26. The number of aliphatic carboxylic acids is 1. The van der Waals surface area contributed by atoms with Gasteiger partial charge in [0.25, 0.3) is 0 Å². The molecule has 3 atom stereocenters. The van der Waals surface area contributed by atoms with Crippen LogP contribution in [0.4, 0.5) is 0 Å². The van der Waals surface area contributed by atoms with Crippen LogP contribution in [0, 0.1) is 17.3 Å². The molecule has 1 aliphatic carbocycles. The van der Waals surface area contributed by atoms with Crippen molar-refractivity contribution in [2.45, 2.75) is 39.2 Å². The molecule has 18 heavy (non-hydrogen) atoms. The third-order valence-electron chi connectivity index (χ3n) is 3.87. The van der Waals surface area contributed by atoms with Crippen LogP contribution < -0.4 is 5.32 Å². The summed E-state index contributed by atoms with van der Waals surface area (Å²) in [5, 5.41) is 12.5. The van der Waals surface area contributed by atoms with Crippen LogP contribution in [-0.4, -0.2) is 35.7 Å². The predicted molar refractivity (Wildman–Crippen MR) is 65.0 cm³/mol. The predicted octanol–water partition coefficient (Wildman–Crippen LogP) is 1.03. The topological polar surface area (TPSA) is 75.6 Å². The second-order valence-corrected chi connectivity index (χ2v) is 6.38. The summed E-state index contributed by atoms with van der Waals surface area (Å²) in [4.78, 5) is 23.3. The summed E-state index contributed by atoms with van der Waals surface area (Å²) in [6, 6.07) is 0. The standard InChI is InChI=1S/C13H21NO4/c1-12(2,3)18-11(17)9-6-13(9)7-14-5-4-8(13)10(15)16/h8-9,14H,4-7H2,1-3H3,(H,15,16). The third-order valence-corrected chi connectivity index (χ3v) is 3.87. The second-order valence-electron chi connectivity index (χ2n) is 6.38. The van der Waals surface area contributed by atoms with E-state index in [0.29, 0.717) is 25.9 Å². The molecule has 1 spiro atoms. The van der Waals surface area contributed by atoms with Crippen molar-refractivity contribution < 1.29 is 19.4 Å². The molecule has 2 aliphatic rings. The number of nitrogens with one attached hydrogen (secondary N) is 1. The largest absolute Gasteiger partial charge is 0.481 e. The molecule has 0 bridgehead atoms. The van der Waals surface area contributed by atoms with Gasteiger partial charge in [-0.1, -0.05) is 0 Å². The molecule has 3 unspecified atom stereocenters. The van der Waals surface area contributed by atoms with Crippen LogP contribution in [0.5, 0.6) is 0 Å². The number of hydrogen-bond donors (Lipinski definition) is 2. The molecular formula is C13H21NO4. The Hall–Kier alpha value is -1.10. The molecule has 1 aliphatic heterocycles. The Morgan fingerprint density at radius 2 is 2.00 bits per heavy atom. The van der Waals surface area contributed by atoms with Gasteiger partial charge >= 0.3 is 11.9 Å². The normalized spacial score (nSPS) is 35.3. The number of carbonyl (C=O) groups excluding carboxylic acids is 1. The molecule has 0 amide bonds. The average Bonchev–Trinajstić information content (AvgIpc) is 2.91. The lowest BCUT2D eigenvalue weighted by Crippen LogP contribution is -2.44. The van der Waals surface area contributed by atoms with Crippen molar-refractivity contribution in [2.24, 2.45) is 17.3 Å². The van der Waals surface area contributed by atoms with Crippen molar-refractivity contribution in [1.82, 2.24) is 5.32 Å². The van der Waals surface area contributed by atoms with Gasteiger partial charge in [0.1, 0.15) is 5.60 Å². The number of hydrogen-bond acceptors (Lipinski definition) is 4. The van der Waals surface area contributed by atoms with Crippen molar-refractivity contribution >= 4 is 11.9 Å². The molecule has 2 rings (SSSR count). The number of rotatable bonds is 2. The Labute approximate surface area is 107 Å². The van der Waals surface area contributed by atoms with E-state index < -0.39 is 22.9 Å². The van der Waals surface area contributed by atoms with E-state index in [-0.39, 0.29) is 11.9 Å². The van der Waals surface area contributed by atoms with Crippen LogP contribution in [0.1, 0.15) is 33.6 Å². The minimum Gasteiger partial charge on any atom is -0.481 e. The molecule has 5 nitrogen and oxygen atoms in total. The van der Waals surface area contributed by atoms with Gasteiger partial charge in [-0.25, -0.2) is 0 Å². The summed E-state index contributed by atoms with van der Waals surface area (Å²) < 4.78 is 5.36. The minimum absolute atomic E-state index is 0.252. The number of esters is 1. The Balaban J connectivity index is 2.06. The molecule has 0 aromatic rings. The van der Waals surface area contributed by atoms with Crippen molar-refractivity contribution in [2.75, 3.05) is 13.1 Å².